The third kappa shape index (κ3) is 6.24. The van der Waals surface area contributed by atoms with E-state index < -0.39 is 10.0 Å². The highest BCUT2D eigenvalue weighted by Gasteiger charge is 2.21. The Balaban J connectivity index is 1.74. The topological polar surface area (TPSA) is 49.4 Å². The highest BCUT2D eigenvalue weighted by molar-refractivity contribution is 7.88. The molecule has 1 aromatic carbocycles. The number of nitrogens with one attached hydrogen (secondary N) is 1. The molecule has 2 rings (SSSR count). The summed E-state index contributed by atoms with van der Waals surface area (Å²) in [6.45, 7) is 10.3. The van der Waals surface area contributed by atoms with Crippen LogP contribution in [0, 0.1) is 18.8 Å². The van der Waals surface area contributed by atoms with Crippen LogP contribution in [-0.2, 0) is 15.8 Å². The third-order valence-electron chi connectivity index (χ3n) is 4.52. The summed E-state index contributed by atoms with van der Waals surface area (Å²) in [5.74, 6) is 1.56. The lowest BCUT2D eigenvalue weighted by atomic mass is 9.92. The minimum absolute atomic E-state index is 0.0669. The van der Waals surface area contributed by atoms with Gasteiger partial charge in [-0.15, -0.1) is 0 Å². The summed E-state index contributed by atoms with van der Waals surface area (Å²) in [7, 11) is -3.25. The maximum atomic E-state index is 12.2. The molecule has 5 heteroatoms. The van der Waals surface area contributed by atoms with Gasteiger partial charge in [0.2, 0.25) is 10.0 Å². The molecule has 23 heavy (non-hydrogen) atoms. The summed E-state index contributed by atoms with van der Waals surface area (Å²) in [5, 5.41) is 0. The van der Waals surface area contributed by atoms with Crippen LogP contribution in [0.4, 0.5) is 0 Å². The molecule has 130 valence electrons. The van der Waals surface area contributed by atoms with Gasteiger partial charge in [0.1, 0.15) is 0 Å². The molecule has 1 fully saturated rings. The van der Waals surface area contributed by atoms with Crippen molar-refractivity contribution in [3.8, 4) is 0 Å². The fourth-order valence-electron chi connectivity index (χ4n) is 3.53. The lowest BCUT2D eigenvalue weighted by Gasteiger charge is -2.34. The summed E-state index contributed by atoms with van der Waals surface area (Å²) in [6.07, 6.45) is 2.17. The van der Waals surface area contributed by atoms with Gasteiger partial charge in [-0.25, -0.2) is 13.1 Å². The number of hydrogen-bond acceptors (Lipinski definition) is 3. The molecule has 0 aliphatic carbocycles. The van der Waals surface area contributed by atoms with Crippen molar-refractivity contribution in [3.63, 3.8) is 0 Å². The molecule has 1 aliphatic heterocycles. The number of aryl methyl sites for hydroxylation is 1. The molecule has 2 atom stereocenters. The maximum absolute atomic E-state index is 12.2. The Labute approximate surface area is 141 Å². The molecular weight excluding hydrogens is 308 g/mol. The number of rotatable bonds is 7. The van der Waals surface area contributed by atoms with Gasteiger partial charge < -0.3 is 4.90 Å². The summed E-state index contributed by atoms with van der Waals surface area (Å²) in [5.41, 5.74) is 1.90. The fourth-order valence-corrected chi connectivity index (χ4v) is 4.82. The van der Waals surface area contributed by atoms with Crippen LogP contribution in [0.3, 0.4) is 0 Å². The molecule has 1 aromatic rings. The van der Waals surface area contributed by atoms with Crippen molar-refractivity contribution < 1.29 is 8.42 Å². The molecule has 0 bridgehead atoms. The molecule has 2 unspecified atom stereocenters. The van der Waals surface area contributed by atoms with E-state index in [0.717, 1.165) is 49.0 Å². The third-order valence-corrected chi connectivity index (χ3v) is 5.86. The zero-order chi connectivity index (χ0) is 16.9. The van der Waals surface area contributed by atoms with Gasteiger partial charge in [0.05, 0.1) is 5.75 Å². The minimum atomic E-state index is -3.25. The number of hydrogen-bond donors (Lipinski definition) is 1. The molecule has 0 spiro atoms. The normalized spacial score (nSPS) is 23.1. The Hall–Kier alpha value is -0.910. The lowest BCUT2D eigenvalue weighted by molar-refractivity contribution is 0.140. The van der Waals surface area contributed by atoms with Crippen molar-refractivity contribution >= 4 is 10.0 Å². The predicted molar refractivity (Wildman–Crippen MR) is 95.8 cm³/mol. The fraction of sp³-hybridized carbons (Fsp3) is 0.667. The van der Waals surface area contributed by atoms with E-state index in [1.165, 1.54) is 6.42 Å². The van der Waals surface area contributed by atoms with E-state index in [2.05, 4.69) is 23.5 Å². The average Bonchev–Trinajstić information content (AvgIpc) is 2.45. The molecule has 1 heterocycles. The van der Waals surface area contributed by atoms with Gasteiger partial charge in [-0.1, -0.05) is 38.1 Å². The molecule has 1 saturated heterocycles. The summed E-state index contributed by atoms with van der Waals surface area (Å²) < 4.78 is 27.1. The van der Waals surface area contributed by atoms with Crippen LogP contribution in [0.25, 0.3) is 0 Å². The van der Waals surface area contributed by atoms with E-state index in [1.54, 1.807) is 0 Å². The van der Waals surface area contributed by atoms with Crippen LogP contribution in [0.1, 0.15) is 37.8 Å². The van der Waals surface area contributed by atoms with Crippen LogP contribution < -0.4 is 4.72 Å². The number of benzene rings is 1. The SMILES string of the molecule is Cc1ccccc1CS(=O)(=O)NCCCN1CC(C)CC(C)C1. The number of sulfonamides is 1. The number of piperidine rings is 1. The van der Waals surface area contributed by atoms with Crippen molar-refractivity contribution in [2.75, 3.05) is 26.2 Å². The molecule has 1 aliphatic rings. The van der Waals surface area contributed by atoms with Crippen LogP contribution in [0.15, 0.2) is 24.3 Å². The van der Waals surface area contributed by atoms with Crippen LogP contribution >= 0.6 is 0 Å². The number of nitrogens with zero attached hydrogens (tertiary/aromatic N) is 1. The van der Waals surface area contributed by atoms with Crippen molar-refractivity contribution in [2.45, 2.75) is 39.4 Å². The summed E-state index contributed by atoms with van der Waals surface area (Å²) in [4.78, 5) is 2.47. The van der Waals surface area contributed by atoms with Crippen LogP contribution in [0.2, 0.25) is 0 Å². The highest BCUT2D eigenvalue weighted by atomic mass is 32.2. The molecule has 0 aromatic heterocycles. The first-order valence-electron chi connectivity index (χ1n) is 8.60. The van der Waals surface area contributed by atoms with Crippen LogP contribution in [0.5, 0.6) is 0 Å². The number of likely N-dealkylation sites (tertiary alicyclic amines) is 1. The van der Waals surface area contributed by atoms with Crippen molar-refractivity contribution in [2.24, 2.45) is 11.8 Å². The van der Waals surface area contributed by atoms with E-state index in [1.807, 2.05) is 31.2 Å². The van der Waals surface area contributed by atoms with E-state index in [9.17, 15) is 8.42 Å². The first-order chi connectivity index (χ1) is 10.9. The van der Waals surface area contributed by atoms with Crippen molar-refractivity contribution in [3.05, 3.63) is 35.4 Å². The Bertz CT molecular complexity index is 591. The first kappa shape index (κ1) is 18.4. The zero-order valence-electron chi connectivity index (χ0n) is 14.6. The van der Waals surface area contributed by atoms with E-state index in [0.29, 0.717) is 6.54 Å². The van der Waals surface area contributed by atoms with Gasteiger partial charge in [0.15, 0.2) is 0 Å². The average molecular weight is 339 g/mol. The zero-order valence-corrected chi connectivity index (χ0v) is 15.4. The second-order valence-electron chi connectivity index (χ2n) is 7.14. The summed E-state index contributed by atoms with van der Waals surface area (Å²) >= 11 is 0. The van der Waals surface area contributed by atoms with Crippen molar-refractivity contribution in [1.29, 1.82) is 0 Å². The quantitative estimate of drug-likeness (QED) is 0.778. The van der Waals surface area contributed by atoms with E-state index >= 15 is 0 Å². The molecule has 0 radical (unpaired) electrons. The molecule has 4 nitrogen and oxygen atoms in total. The Morgan fingerprint density at radius 3 is 2.48 bits per heavy atom. The van der Waals surface area contributed by atoms with Crippen molar-refractivity contribution in [1.82, 2.24) is 9.62 Å². The van der Waals surface area contributed by atoms with E-state index in [4.69, 9.17) is 0 Å². The van der Waals surface area contributed by atoms with Gasteiger partial charge >= 0.3 is 0 Å². The second-order valence-corrected chi connectivity index (χ2v) is 8.95. The summed E-state index contributed by atoms with van der Waals surface area (Å²) in [6, 6.07) is 7.64. The highest BCUT2D eigenvalue weighted by Crippen LogP contribution is 2.20. The first-order valence-corrected chi connectivity index (χ1v) is 10.2. The molecule has 0 amide bonds. The van der Waals surface area contributed by atoms with Gasteiger partial charge in [0, 0.05) is 19.6 Å². The smallest absolute Gasteiger partial charge is 0.215 e. The Morgan fingerprint density at radius 2 is 1.83 bits per heavy atom. The van der Waals surface area contributed by atoms with Gasteiger partial charge in [-0.2, -0.15) is 0 Å². The van der Waals surface area contributed by atoms with Crippen LogP contribution in [-0.4, -0.2) is 39.5 Å². The Morgan fingerprint density at radius 1 is 1.17 bits per heavy atom. The monoisotopic (exact) mass is 338 g/mol. The Kier molecular flexibility index (Phi) is 6.62. The predicted octanol–water partition coefficient (Wildman–Crippen LogP) is 2.78. The standard InChI is InChI=1S/C18H30N2O2S/c1-15-11-16(2)13-20(12-15)10-6-9-19-23(21,22)14-18-8-5-4-7-17(18)3/h4-5,7-8,15-16,19H,6,9-14H2,1-3H3. The van der Waals surface area contributed by atoms with Gasteiger partial charge in [-0.05, 0) is 49.3 Å². The molecule has 1 N–H and O–H groups in total. The molecule has 0 saturated carbocycles. The maximum Gasteiger partial charge on any atom is 0.215 e. The molecular formula is C18H30N2O2S. The van der Waals surface area contributed by atoms with E-state index in [-0.39, 0.29) is 5.75 Å². The minimum Gasteiger partial charge on any atom is -0.303 e. The van der Waals surface area contributed by atoms with Gasteiger partial charge in [0.25, 0.3) is 0 Å². The largest absolute Gasteiger partial charge is 0.303 e. The second kappa shape index (κ2) is 8.27. The lowest BCUT2D eigenvalue weighted by Crippen LogP contribution is -2.40. The van der Waals surface area contributed by atoms with Gasteiger partial charge in [-0.3, -0.25) is 0 Å².